The standard InChI is InChI=1S/C20H32O3/c1-5-13-12(2)7-8-14-17(13)15(21)11-16-19(14,3)9-6-10-20(16,4)18(22)23/h7,13-17,21H,5-6,8-11H2,1-4H3,(H,22,23)/t13-,14+,15-,16+,17-,19+,20+/m0/s1. The average Bonchev–Trinajstić information content (AvgIpc) is 2.49. The Labute approximate surface area is 140 Å². The maximum atomic E-state index is 12.0. The van der Waals surface area contributed by atoms with Gasteiger partial charge in [0.2, 0.25) is 0 Å². The lowest BCUT2D eigenvalue weighted by Gasteiger charge is -2.62. The topological polar surface area (TPSA) is 57.5 Å². The van der Waals surface area contributed by atoms with Crippen molar-refractivity contribution in [3.8, 4) is 0 Å². The van der Waals surface area contributed by atoms with E-state index in [0.717, 1.165) is 32.1 Å². The van der Waals surface area contributed by atoms with Gasteiger partial charge in [-0.3, -0.25) is 4.79 Å². The van der Waals surface area contributed by atoms with E-state index in [1.54, 1.807) is 0 Å². The summed E-state index contributed by atoms with van der Waals surface area (Å²) in [5.41, 5.74) is 0.781. The summed E-state index contributed by atoms with van der Waals surface area (Å²) in [5.74, 6) is 0.598. The molecule has 3 aliphatic carbocycles. The van der Waals surface area contributed by atoms with E-state index in [2.05, 4.69) is 26.8 Å². The van der Waals surface area contributed by atoms with Gasteiger partial charge in [-0.25, -0.2) is 0 Å². The molecule has 0 bridgehead atoms. The number of hydrogen-bond acceptors (Lipinski definition) is 2. The number of aliphatic carboxylic acids is 1. The Hall–Kier alpha value is -0.830. The maximum Gasteiger partial charge on any atom is 0.309 e. The van der Waals surface area contributed by atoms with Gasteiger partial charge in [0.25, 0.3) is 0 Å². The fourth-order valence-electron chi connectivity index (χ4n) is 6.59. The van der Waals surface area contributed by atoms with E-state index < -0.39 is 11.4 Å². The molecule has 3 aliphatic rings. The molecule has 0 aromatic rings. The SMILES string of the molecule is CC[C@H]1C(C)=CC[C@@H]2[C@H]1[C@@H](O)C[C@@H]1[C@]2(C)CCC[C@@]1(C)C(=O)O. The zero-order chi connectivity index (χ0) is 17.0. The van der Waals surface area contributed by atoms with Crippen LogP contribution < -0.4 is 0 Å². The first-order chi connectivity index (χ1) is 10.8. The van der Waals surface area contributed by atoms with Gasteiger partial charge in [0.05, 0.1) is 11.5 Å². The zero-order valence-electron chi connectivity index (χ0n) is 15.0. The van der Waals surface area contributed by atoms with Crippen molar-refractivity contribution in [2.24, 2.45) is 34.5 Å². The molecule has 0 heterocycles. The molecule has 0 unspecified atom stereocenters. The second-order valence-electron chi connectivity index (χ2n) is 8.82. The summed E-state index contributed by atoms with van der Waals surface area (Å²) in [4.78, 5) is 12.0. The number of hydrogen-bond donors (Lipinski definition) is 2. The highest BCUT2D eigenvalue weighted by atomic mass is 16.4. The molecule has 130 valence electrons. The molecule has 0 amide bonds. The van der Waals surface area contributed by atoms with Gasteiger partial charge in [-0.15, -0.1) is 0 Å². The molecule has 3 nitrogen and oxygen atoms in total. The molecule has 3 rings (SSSR count). The van der Waals surface area contributed by atoms with Crippen molar-refractivity contribution >= 4 is 5.97 Å². The fraction of sp³-hybridized carbons (Fsp3) is 0.850. The molecule has 2 saturated carbocycles. The molecule has 23 heavy (non-hydrogen) atoms. The van der Waals surface area contributed by atoms with Crippen molar-refractivity contribution in [2.75, 3.05) is 0 Å². The highest BCUT2D eigenvalue weighted by Crippen LogP contribution is 2.64. The molecule has 3 heteroatoms. The van der Waals surface area contributed by atoms with E-state index in [-0.39, 0.29) is 17.4 Å². The predicted molar refractivity (Wildman–Crippen MR) is 90.9 cm³/mol. The molecule has 7 atom stereocenters. The highest BCUT2D eigenvalue weighted by molar-refractivity contribution is 5.75. The molecule has 0 spiro atoms. The van der Waals surface area contributed by atoms with Crippen molar-refractivity contribution in [1.82, 2.24) is 0 Å². The van der Waals surface area contributed by atoms with E-state index in [0.29, 0.717) is 24.2 Å². The van der Waals surface area contributed by atoms with E-state index in [4.69, 9.17) is 0 Å². The number of carbonyl (C=O) groups is 1. The minimum atomic E-state index is -0.684. The van der Waals surface area contributed by atoms with Crippen LogP contribution in [-0.4, -0.2) is 22.3 Å². The summed E-state index contributed by atoms with van der Waals surface area (Å²) >= 11 is 0. The molecule has 0 aromatic heterocycles. The van der Waals surface area contributed by atoms with Crippen LogP contribution in [0.2, 0.25) is 0 Å². The van der Waals surface area contributed by atoms with Gasteiger partial charge in [0, 0.05) is 0 Å². The summed E-state index contributed by atoms with van der Waals surface area (Å²) < 4.78 is 0. The molecule has 0 aromatic carbocycles. The van der Waals surface area contributed by atoms with Crippen LogP contribution >= 0.6 is 0 Å². The monoisotopic (exact) mass is 320 g/mol. The number of fused-ring (bicyclic) bond motifs is 3. The van der Waals surface area contributed by atoms with E-state index in [9.17, 15) is 15.0 Å². The first-order valence-corrected chi connectivity index (χ1v) is 9.33. The summed E-state index contributed by atoms with van der Waals surface area (Å²) in [6.45, 7) is 8.66. The Morgan fingerprint density at radius 1 is 1.35 bits per heavy atom. The fourth-order valence-corrected chi connectivity index (χ4v) is 6.59. The second kappa shape index (κ2) is 5.61. The van der Waals surface area contributed by atoms with E-state index >= 15 is 0 Å². The Balaban J connectivity index is 2.04. The minimum Gasteiger partial charge on any atom is -0.481 e. The molecule has 2 fully saturated rings. The smallest absolute Gasteiger partial charge is 0.309 e. The quantitative estimate of drug-likeness (QED) is 0.748. The molecular weight excluding hydrogens is 288 g/mol. The Kier molecular flexibility index (Phi) is 4.15. The van der Waals surface area contributed by atoms with Crippen LogP contribution in [-0.2, 0) is 4.79 Å². The van der Waals surface area contributed by atoms with Crippen molar-refractivity contribution < 1.29 is 15.0 Å². The molecule has 0 radical (unpaired) electrons. The zero-order valence-corrected chi connectivity index (χ0v) is 15.0. The van der Waals surface area contributed by atoms with E-state index in [1.165, 1.54) is 5.57 Å². The number of aliphatic hydroxyl groups excluding tert-OH is 1. The summed E-state index contributed by atoms with van der Waals surface area (Å²) in [5, 5.41) is 20.9. The predicted octanol–water partition coefficient (Wildman–Crippen LogP) is 4.26. The van der Waals surface area contributed by atoms with Crippen molar-refractivity contribution in [2.45, 2.75) is 72.3 Å². The van der Waals surface area contributed by atoms with Crippen LogP contribution in [0, 0.1) is 34.5 Å². The van der Waals surface area contributed by atoms with Crippen LogP contribution in [0.5, 0.6) is 0 Å². The average molecular weight is 320 g/mol. The molecule has 0 saturated heterocycles. The van der Waals surface area contributed by atoms with Gasteiger partial charge < -0.3 is 10.2 Å². The van der Waals surface area contributed by atoms with Gasteiger partial charge >= 0.3 is 5.97 Å². The van der Waals surface area contributed by atoms with Crippen LogP contribution in [0.4, 0.5) is 0 Å². The van der Waals surface area contributed by atoms with Gasteiger partial charge in [0.1, 0.15) is 0 Å². The third kappa shape index (κ3) is 2.30. The van der Waals surface area contributed by atoms with Gasteiger partial charge in [0.15, 0.2) is 0 Å². The summed E-state index contributed by atoms with van der Waals surface area (Å²) in [7, 11) is 0. The van der Waals surface area contributed by atoms with Crippen molar-refractivity contribution in [1.29, 1.82) is 0 Å². The third-order valence-corrected chi connectivity index (χ3v) is 7.88. The molecular formula is C20H32O3. The lowest BCUT2D eigenvalue weighted by molar-refractivity contribution is -0.185. The number of rotatable bonds is 2. The number of carboxylic acids is 1. The first kappa shape index (κ1) is 17.0. The van der Waals surface area contributed by atoms with Crippen LogP contribution in [0.15, 0.2) is 11.6 Å². The van der Waals surface area contributed by atoms with Crippen molar-refractivity contribution in [3.63, 3.8) is 0 Å². The van der Waals surface area contributed by atoms with E-state index in [1.807, 2.05) is 6.92 Å². The van der Waals surface area contributed by atoms with Crippen LogP contribution in [0.25, 0.3) is 0 Å². The summed E-state index contributed by atoms with van der Waals surface area (Å²) in [6.07, 6.45) is 7.59. The van der Waals surface area contributed by atoms with Crippen molar-refractivity contribution in [3.05, 3.63) is 11.6 Å². The van der Waals surface area contributed by atoms with Gasteiger partial charge in [-0.2, -0.15) is 0 Å². The Morgan fingerprint density at radius 3 is 2.65 bits per heavy atom. The van der Waals surface area contributed by atoms with Crippen LogP contribution in [0.3, 0.4) is 0 Å². The Morgan fingerprint density at radius 2 is 2.04 bits per heavy atom. The third-order valence-electron chi connectivity index (χ3n) is 7.88. The van der Waals surface area contributed by atoms with Crippen LogP contribution in [0.1, 0.15) is 66.2 Å². The Bertz CT molecular complexity index is 525. The maximum absolute atomic E-state index is 12.0. The second-order valence-corrected chi connectivity index (χ2v) is 8.82. The molecule has 0 aliphatic heterocycles. The summed E-state index contributed by atoms with van der Waals surface area (Å²) in [6, 6.07) is 0. The number of carboxylic acid groups (broad SMARTS) is 1. The van der Waals surface area contributed by atoms with Gasteiger partial charge in [-0.05, 0) is 75.0 Å². The number of aliphatic hydroxyl groups is 1. The molecule has 2 N–H and O–H groups in total. The lowest BCUT2D eigenvalue weighted by atomic mass is 9.43. The lowest BCUT2D eigenvalue weighted by Crippen LogP contribution is -2.60. The highest BCUT2D eigenvalue weighted by Gasteiger charge is 2.61. The largest absolute Gasteiger partial charge is 0.481 e. The number of allylic oxidation sites excluding steroid dienone is 2. The minimum absolute atomic E-state index is 0.0416. The van der Waals surface area contributed by atoms with Gasteiger partial charge in [-0.1, -0.05) is 31.9 Å². The first-order valence-electron chi connectivity index (χ1n) is 9.33. The normalized spacial score (nSPS) is 49.8.